The lowest BCUT2D eigenvalue weighted by Crippen LogP contribution is -2.20. The number of hydrogen-bond donors (Lipinski definition) is 0. The second-order valence-corrected chi connectivity index (χ2v) is 5.48. The van der Waals surface area contributed by atoms with Crippen molar-refractivity contribution in [3.05, 3.63) is 22.7 Å². The second-order valence-electron chi connectivity index (χ2n) is 2.95. The van der Waals surface area contributed by atoms with Crippen molar-refractivity contribution in [3.63, 3.8) is 0 Å². The molecule has 1 aliphatic rings. The number of nitrogens with zero attached hydrogens (tertiary/aromatic N) is 2. The van der Waals surface area contributed by atoms with Crippen molar-refractivity contribution in [1.82, 2.24) is 9.97 Å². The molecule has 2 heterocycles. The standard InChI is InChI=1S/C7H7ClN2O2S/c8-7-9-3-5-4-13(11,12)2-1-6(5)10-7/h3H,1-2,4H2. The fraction of sp³-hybridized carbons (Fsp3) is 0.429. The van der Waals surface area contributed by atoms with Gasteiger partial charge in [0.25, 0.3) is 0 Å². The van der Waals surface area contributed by atoms with Crippen molar-refractivity contribution in [1.29, 1.82) is 0 Å². The van der Waals surface area contributed by atoms with E-state index in [1.807, 2.05) is 0 Å². The van der Waals surface area contributed by atoms with Gasteiger partial charge in [0.15, 0.2) is 9.84 Å². The highest BCUT2D eigenvalue weighted by atomic mass is 35.5. The van der Waals surface area contributed by atoms with E-state index in [-0.39, 0.29) is 16.8 Å². The van der Waals surface area contributed by atoms with Gasteiger partial charge >= 0.3 is 0 Å². The maximum Gasteiger partial charge on any atom is 0.222 e. The Kier molecular flexibility index (Phi) is 2.00. The first-order valence-corrected chi connectivity index (χ1v) is 5.97. The van der Waals surface area contributed by atoms with Gasteiger partial charge in [-0.15, -0.1) is 0 Å². The van der Waals surface area contributed by atoms with Gasteiger partial charge in [-0.3, -0.25) is 0 Å². The predicted octanol–water partition coefficient (Wildman–Crippen LogP) is 0.601. The van der Waals surface area contributed by atoms with Crippen LogP contribution in [0.4, 0.5) is 0 Å². The zero-order valence-corrected chi connectivity index (χ0v) is 8.27. The van der Waals surface area contributed by atoms with Crippen LogP contribution in [-0.4, -0.2) is 24.1 Å². The van der Waals surface area contributed by atoms with Crippen molar-refractivity contribution >= 4 is 21.4 Å². The number of sulfone groups is 1. The van der Waals surface area contributed by atoms with Gasteiger partial charge < -0.3 is 0 Å². The third kappa shape index (κ3) is 1.81. The molecule has 4 nitrogen and oxygen atoms in total. The van der Waals surface area contributed by atoms with E-state index < -0.39 is 9.84 Å². The van der Waals surface area contributed by atoms with Crippen molar-refractivity contribution < 1.29 is 8.42 Å². The lowest BCUT2D eigenvalue weighted by atomic mass is 10.2. The molecular weight excluding hydrogens is 212 g/mol. The van der Waals surface area contributed by atoms with Crippen molar-refractivity contribution in [2.75, 3.05) is 5.75 Å². The SMILES string of the molecule is O=S1(=O)CCc2nc(Cl)ncc2C1. The molecule has 0 atom stereocenters. The minimum absolute atomic E-state index is 0.0412. The van der Waals surface area contributed by atoms with Crippen molar-refractivity contribution in [2.24, 2.45) is 0 Å². The van der Waals surface area contributed by atoms with Crippen LogP contribution < -0.4 is 0 Å². The maximum atomic E-state index is 11.2. The van der Waals surface area contributed by atoms with E-state index in [9.17, 15) is 8.42 Å². The van der Waals surface area contributed by atoms with E-state index in [4.69, 9.17) is 11.6 Å². The molecule has 0 aliphatic carbocycles. The minimum atomic E-state index is -2.93. The van der Waals surface area contributed by atoms with Gasteiger partial charge in [0.2, 0.25) is 5.28 Å². The Hall–Kier alpha value is -0.680. The zero-order valence-electron chi connectivity index (χ0n) is 6.70. The Bertz CT molecular complexity index is 444. The molecule has 1 aliphatic heterocycles. The largest absolute Gasteiger partial charge is 0.228 e. The fourth-order valence-corrected chi connectivity index (χ4v) is 2.83. The maximum absolute atomic E-state index is 11.2. The summed E-state index contributed by atoms with van der Waals surface area (Å²) in [5.74, 6) is 0.201. The summed E-state index contributed by atoms with van der Waals surface area (Å²) in [4.78, 5) is 7.72. The molecule has 0 bridgehead atoms. The van der Waals surface area contributed by atoms with E-state index in [0.29, 0.717) is 12.0 Å². The highest BCUT2D eigenvalue weighted by Gasteiger charge is 2.22. The normalized spacial score (nSPS) is 19.5. The summed E-state index contributed by atoms with van der Waals surface area (Å²) in [7, 11) is -2.93. The van der Waals surface area contributed by atoms with Gasteiger partial charge in [0.05, 0.1) is 17.2 Å². The van der Waals surface area contributed by atoms with Gasteiger partial charge in [-0.2, -0.15) is 0 Å². The summed E-state index contributed by atoms with van der Waals surface area (Å²) < 4.78 is 22.4. The average Bonchev–Trinajstić information content (AvgIpc) is 2.05. The van der Waals surface area contributed by atoms with Crippen LogP contribution in [0.5, 0.6) is 0 Å². The van der Waals surface area contributed by atoms with Gasteiger partial charge in [-0.1, -0.05) is 0 Å². The number of rotatable bonds is 0. The van der Waals surface area contributed by atoms with Gasteiger partial charge in [0.1, 0.15) is 0 Å². The summed E-state index contributed by atoms with van der Waals surface area (Å²) in [6, 6.07) is 0. The molecule has 1 aromatic rings. The Morgan fingerprint density at radius 1 is 1.46 bits per heavy atom. The highest BCUT2D eigenvalue weighted by Crippen LogP contribution is 2.18. The van der Waals surface area contributed by atoms with Crippen molar-refractivity contribution in [2.45, 2.75) is 12.2 Å². The first-order valence-electron chi connectivity index (χ1n) is 3.77. The molecule has 0 saturated heterocycles. The van der Waals surface area contributed by atoms with Gasteiger partial charge in [0, 0.05) is 18.2 Å². The van der Waals surface area contributed by atoms with Crippen LogP contribution in [0, 0.1) is 0 Å². The van der Waals surface area contributed by atoms with E-state index in [1.165, 1.54) is 6.20 Å². The molecule has 0 saturated carbocycles. The third-order valence-corrected chi connectivity index (χ3v) is 3.71. The lowest BCUT2D eigenvalue weighted by Gasteiger charge is -2.13. The lowest BCUT2D eigenvalue weighted by molar-refractivity contribution is 0.590. The Balaban J connectivity index is 2.48. The Morgan fingerprint density at radius 3 is 3.00 bits per heavy atom. The number of halogens is 1. The molecule has 0 aromatic carbocycles. The summed E-state index contributed by atoms with van der Waals surface area (Å²) in [5.41, 5.74) is 1.44. The summed E-state index contributed by atoms with van der Waals surface area (Å²) in [6.45, 7) is 0. The number of aromatic nitrogens is 2. The molecule has 0 spiro atoms. The molecule has 0 N–H and O–H groups in total. The van der Waals surface area contributed by atoms with E-state index >= 15 is 0 Å². The first-order chi connectivity index (χ1) is 6.07. The topological polar surface area (TPSA) is 59.9 Å². The van der Waals surface area contributed by atoms with Crippen LogP contribution in [0.1, 0.15) is 11.3 Å². The quantitative estimate of drug-likeness (QED) is 0.599. The first kappa shape index (κ1) is 8.90. The molecule has 0 unspecified atom stereocenters. The molecule has 1 aromatic heterocycles. The molecule has 2 rings (SSSR count). The van der Waals surface area contributed by atoms with E-state index in [1.54, 1.807) is 0 Å². The number of fused-ring (bicyclic) bond motifs is 1. The third-order valence-electron chi connectivity index (χ3n) is 1.95. The molecule has 70 valence electrons. The Morgan fingerprint density at radius 2 is 2.23 bits per heavy atom. The summed E-state index contributed by atoms with van der Waals surface area (Å²) in [6.07, 6.45) is 1.93. The molecule has 0 amide bonds. The fourth-order valence-electron chi connectivity index (χ4n) is 1.32. The minimum Gasteiger partial charge on any atom is -0.228 e. The smallest absolute Gasteiger partial charge is 0.222 e. The molecule has 6 heteroatoms. The van der Waals surface area contributed by atoms with Gasteiger partial charge in [-0.05, 0) is 11.6 Å². The predicted molar refractivity (Wildman–Crippen MR) is 48.2 cm³/mol. The Labute approximate surface area is 80.9 Å². The van der Waals surface area contributed by atoms with E-state index in [2.05, 4.69) is 9.97 Å². The molecular formula is C7H7ClN2O2S. The average molecular weight is 219 g/mol. The highest BCUT2D eigenvalue weighted by molar-refractivity contribution is 7.90. The molecule has 0 radical (unpaired) electrons. The van der Waals surface area contributed by atoms with Crippen LogP contribution >= 0.6 is 11.6 Å². The van der Waals surface area contributed by atoms with Gasteiger partial charge in [-0.25, -0.2) is 18.4 Å². The number of hydrogen-bond acceptors (Lipinski definition) is 4. The van der Waals surface area contributed by atoms with Crippen LogP contribution in [0.15, 0.2) is 6.20 Å². The number of aryl methyl sites for hydroxylation is 1. The van der Waals surface area contributed by atoms with E-state index in [0.717, 1.165) is 5.69 Å². The van der Waals surface area contributed by atoms with Crippen molar-refractivity contribution in [3.8, 4) is 0 Å². The van der Waals surface area contributed by atoms with Crippen LogP contribution in [0.2, 0.25) is 5.28 Å². The molecule has 0 fully saturated rings. The van der Waals surface area contributed by atoms with Crippen LogP contribution in [-0.2, 0) is 22.0 Å². The van der Waals surface area contributed by atoms with Crippen LogP contribution in [0.25, 0.3) is 0 Å². The second kappa shape index (κ2) is 2.92. The van der Waals surface area contributed by atoms with Crippen LogP contribution in [0.3, 0.4) is 0 Å². The zero-order chi connectivity index (χ0) is 9.47. The molecule has 13 heavy (non-hydrogen) atoms. The monoisotopic (exact) mass is 218 g/mol. The summed E-state index contributed by atoms with van der Waals surface area (Å²) >= 11 is 5.58. The summed E-state index contributed by atoms with van der Waals surface area (Å²) in [5, 5.41) is 0.179.